The first kappa shape index (κ1) is 21.4. The van der Waals surface area contributed by atoms with Crippen molar-refractivity contribution in [2.45, 2.75) is 18.9 Å². The molecule has 144 valence electrons. The predicted octanol–water partition coefficient (Wildman–Crippen LogP) is 3.80. The summed E-state index contributed by atoms with van der Waals surface area (Å²) in [6.45, 7) is 0.411. The average Bonchev–Trinajstić information content (AvgIpc) is 2.68. The molecule has 0 saturated carbocycles. The Morgan fingerprint density at radius 1 is 1.19 bits per heavy atom. The first-order valence-corrected chi connectivity index (χ1v) is 10.8. The molecule has 2 N–H and O–H groups in total. The molecule has 0 heterocycles. The van der Waals surface area contributed by atoms with Crippen LogP contribution < -0.4 is 10.6 Å². The zero-order chi connectivity index (χ0) is 19.6. The van der Waals surface area contributed by atoms with Gasteiger partial charge >= 0.3 is 0 Å². The number of rotatable bonds is 9. The Hall–Kier alpha value is -1.86. The summed E-state index contributed by atoms with van der Waals surface area (Å²) in [6, 6.07) is 13.0. The first-order valence-electron chi connectivity index (χ1n) is 8.57. The largest absolute Gasteiger partial charge is 0.354 e. The maximum absolute atomic E-state index is 13.3. The van der Waals surface area contributed by atoms with Crippen molar-refractivity contribution in [1.82, 2.24) is 10.6 Å². The molecule has 1 unspecified atom stereocenters. The number of nitrogens with one attached hydrogen (secondary N) is 2. The van der Waals surface area contributed by atoms with Gasteiger partial charge in [-0.15, -0.1) is 0 Å². The molecule has 2 aromatic rings. The molecule has 2 amide bonds. The first-order chi connectivity index (χ1) is 13.0. The highest BCUT2D eigenvalue weighted by atomic mass is 79.9. The number of halogens is 2. The van der Waals surface area contributed by atoms with Crippen LogP contribution in [-0.4, -0.2) is 36.4 Å². The molecular formula is C20H22BrFN2O2S. The van der Waals surface area contributed by atoms with Crippen LogP contribution in [0.1, 0.15) is 22.3 Å². The van der Waals surface area contributed by atoms with E-state index in [4.69, 9.17) is 0 Å². The van der Waals surface area contributed by atoms with Crippen LogP contribution in [0.4, 0.5) is 4.39 Å². The molecule has 7 heteroatoms. The van der Waals surface area contributed by atoms with Crippen LogP contribution >= 0.6 is 27.7 Å². The zero-order valence-corrected chi connectivity index (χ0v) is 17.4. The second-order valence-corrected chi connectivity index (χ2v) is 7.80. The van der Waals surface area contributed by atoms with Crippen LogP contribution in [0, 0.1) is 5.82 Å². The van der Waals surface area contributed by atoms with E-state index in [9.17, 15) is 14.0 Å². The van der Waals surface area contributed by atoms with Crippen molar-refractivity contribution < 1.29 is 14.0 Å². The van der Waals surface area contributed by atoms with E-state index in [1.165, 1.54) is 6.07 Å². The molecule has 0 saturated heterocycles. The zero-order valence-electron chi connectivity index (χ0n) is 15.0. The molecule has 0 spiro atoms. The van der Waals surface area contributed by atoms with Gasteiger partial charge in [0.25, 0.3) is 5.91 Å². The van der Waals surface area contributed by atoms with E-state index in [2.05, 4.69) is 26.6 Å². The van der Waals surface area contributed by atoms with Crippen LogP contribution in [0.3, 0.4) is 0 Å². The Labute approximate surface area is 171 Å². The summed E-state index contributed by atoms with van der Waals surface area (Å²) >= 11 is 4.78. The monoisotopic (exact) mass is 452 g/mol. The molecular weight excluding hydrogens is 431 g/mol. The second kappa shape index (κ2) is 11.1. The fraction of sp³-hybridized carbons (Fsp3) is 0.300. The van der Waals surface area contributed by atoms with Crippen molar-refractivity contribution in [2.75, 3.05) is 18.6 Å². The lowest BCUT2D eigenvalue weighted by molar-refractivity contribution is -0.122. The highest BCUT2D eigenvalue weighted by molar-refractivity contribution is 9.10. The smallest absolute Gasteiger partial charge is 0.251 e. The van der Waals surface area contributed by atoms with Crippen molar-refractivity contribution in [1.29, 1.82) is 0 Å². The van der Waals surface area contributed by atoms with Gasteiger partial charge in [-0.3, -0.25) is 9.59 Å². The van der Waals surface area contributed by atoms with Gasteiger partial charge in [0, 0.05) is 12.1 Å². The number of amides is 2. The van der Waals surface area contributed by atoms with Gasteiger partial charge in [0.15, 0.2) is 0 Å². The van der Waals surface area contributed by atoms with E-state index < -0.39 is 6.04 Å². The van der Waals surface area contributed by atoms with Crippen LogP contribution in [0.5, 0.6) is 0 Å². The van der Waals surface area contributed by atoms with Crippen molar-refractivity contribution in [3.63, 3.8) is 0 Å². The Balaban J connectivity index is 1.91. The van der Waals surface area contributed by atoms with Gasteiger partial charge in [0.05, 0.1) is 4.47 Å². The molecule has 2 rings (SSSR count). The van der Waals surface area contributed by atoms with Crippen molar-refractivity contribution in [3.8, 4) is 0 Å². The van der Waals surface area contributed by atoms with Gasteiger partial charge in [-0.25, -0.2) is 4.39 Å². The quantitative estimate of drug-likeness (QED) is 0.608. The van der Waals surface area contributed by atoms with Gasteiger partial charge in [-0.05, 0) is 70.6 Å². The number of hydrogen-bond acceptors (Lipinski definition) is 3. The van der Waals surface area contributed by atoms with E-state index in [0.717, 1.165) is 11.3 Å². The number of thioether (sulfide) groups is 1. The Kier molecular flexibility index (Phi) is 8.81. The molecule has 27 heavy (non-hydrogen) atoms. The maximum Gasteiger partial charge on any atom is 0.251 e. The maximum atomic E-state index is 13.3. The average molecular weight is 453 g/mol. The minimum atomic E-state index is -0.592. The predicted molar refractivity (Wildman–Crippen MR) is 112 cm³/mol. The number of carbonyl (C=O) groups is 2. The summed E-state index contributed by atoms with van der Waals surface area (Å²) in [5, 5.41) is 5.67. The summed E-state index contributed by atoms with van der Waals surface area (Å²) in [5.41, 5.74) is 1.44. The molecule has 0 aliphatic heterocycles. The van der Waals surface area contributed by atoms with Gasteiger partial charge < -0.3 is 10.6 Å². The fourth-order valence-corrected chi connectivity index (χ4v) is 3.38. The van der Waals surface area contributed by atoms with E-state index in [-0.39, 0.29) is 17.6 Å². The fourth-order valence-electron chi connectivity index (χ4n) is 2.48. The van der Waals surface area contributed by atoms with E-state index in [0.29, 0.717) is 29.4 Å². The van der Waals surface area contributed by atoms with E-state index in [1.54, 1.807) is 48.2 Å². The van der Waals surface area contributed by atoms with Crippen molar-refractivity contribution in [3.05, 3.63) is 69.9 Å². The second-order valence-electron chi connectivity index (χ2n) is 5.96. The molecule has 0 bridgehead atoms. The molecule has 0 fully saturated rings. The lowest BCUT2D eigenvalue weighted by Crippen LogP contribution is -2.47. The molecule has 2 aromatic carbocycles. The summed E-state index contributed by atoms with van der Waals surface area (Å²) < 4.78 is 13.7. The van der Waals surface area contributed by atoms with Crippen LogP contribution in [0.25, 0.3) is 0 Å². The summed E-state index contributed by atoms with van der Waals surface area (Å²) in [7, 11) is 0. The lowest BCUT2D eigenvalue weighted by Gasteiger charge is -2.18. The number of carbonyl (C=O) groups excluding carboxylic acids is 2. The van der Waals surface area contributed by atoms with Gasteiger partial charge in [0.2, 0.25) is 5.91 Å². The van der Waals surface area contributed by atoms with E-state index in [1.807, 2.05) is 12.3 Å². The minimum absolute atomic E-state index is 0.213. The minimum Gasteiger partial charge on any atom is -0.354 e. The summed E-state index contributed by atoms with van der Waals surface area (Å²) in [5.74, 6) is -0.0321. The molecule has 0 aliphatic rings. The molecule has 0 radical (unpaired) electrons. The normalized spacial score (nSPS) is 11.7. The highest BCUT2D eigenvalue weighted by Gasteiger charge is 2.20. The van der Waals surface area contributed by atoms with Crippen LogP contribution in [0.2, 0.25) is 0 Å². The van der Waals surface area contributed by atoms with Gasteiger partial charge in [-0.1, -0.05) is 24.3 Å². The summed E-state index contributed by atoms with van der Waals surface area (Å²) in [6.07, 6.45) is 3.08. The number of benzene rings is 2. The Bertz CT molecular complexity index is 774. The van der Waals surface area contributed by atoms with Crippen molar-refractivity contribution >= 4 is 39.5 Å². The standard InChI is InChI=1S/C20H22BrFN2O2S/c1-27-12-10-18(24-19(25)15-5-3-2-4-6-15)20(26)23-11-9-14-7-8-17(22)16(21)13-14/h2-8,13,18H,9-12H2,1H3,(H,23,26)(H,24,25). The molecule has 4 nitrogen and oxygen atoms in total. The SMILES string of the molecule is CSCCC(NC(=O)c1ccccc1)C(=O)NCCc1ccc(F)c(Br)c1. The third-order valence-corrected chi connectivity index (χ3v) is 5.22. The third-order valence-electron chi connectivity index (χ3n) is 3.97. The lowest BCUT2D eigenvalue weighted by atomic mass is 10.1. The summed E-state index contributed by atoms with van der Waals surface area (Å²) in [4.78, 5) is 24.9. The van der Waals surface area contributed by atoms with Crippen LogP contribution in [-0.2, 0) is 11.2 Å². The Morgan fingerprint density at radius 3 is 2.59 bits per heavy atom. The van der Waals surface area contributed by atoms with Crippen molar-refractivity contribution in [2.24, 2.45) is 0 Å². The van der Waals surface area contributed by atoms with Crippen LogP contribution in [0.15, 0.2) is 53.0 Å². The van der Waals surface area contributed by atoms with E-state index >= 15 is 0 Å². The number of hydrogen-bond donors (Lipinski definition) is 2. The molecule has 1 atom stereocenters. The topological polar surface area (TPSA) is 58.2 Å². The highest BCUT2D eigenvalue weighted by Crippen LogP contribution is 2.17. The molecule has 0 aromatic heterocycles. The van der Waals surface area contributed by atoms with Gasteiger partial charge in [0.1, 0.15) is 11.9 Å². The Morgan fingerprint density at radius 2 is 1.93 bits per heavy atom. The van der Waals surface area contributed by atoms with Gasteiger partial charge in [-0.2, -0.15) is 11.8 Å². The third kappa shape index (κ3) is 6.99. The molecule has 0 aliphatic carbocycles.